The number of nitrogens with two attached hydrogens (primary N) is 1. The molecular weight excluding hydrogens is 368 g/mol. The van der Waals surface area contributed by atoms with E-state index in [1.807, 2.05) is 25.2 Å². The number of carbonyl (C=O) groups excluding carboxylic acids is 1. The predicted molar refractivity (Wildman–Crippen MR) is 106 cm³/mol. The predicted octanol–water partition coefficient (Wildman–Crippen LogP) is 3.57. The van der Waals surface area contributed by atoms with E-state index in [9.17, 15) is 13.6 Å². The molecule has 0 spiro atoms. The Kier molecular flexibility index (Phi) is 7.24. The number of aldehydes is 1. The highest BCUT2D eigenvalue weighted by Gasteiger charge is 2.39. The van der Waals surface area contributed by atoms with Crippen molar-refractivity contribution in [2.45, 2.75) is 30.7 Å². The highest BCUT2D eigenvalue weighted by molar-refractivity contribution is 8.15. The van der Waals surface area contributed by atoms with Gasteiger partial charge in [-0.05, 0) is 56.1 Å². The van der Waals surface area contributed by atoms with Crippen LogP contribution in [0.3, 0.4) is 0 Å². The quantitative estimate of drug-likeness (QED) is 0.322. The minimum absolute atomic E-state index is 0.00371. The maximum absolute atomic E-state index is 13.9. The zero-order chi connectivity index (χ0) is 20.0. The Bertz CT molecular complexity index is 829. The minimum Gasteiger partial charge on any atom is -0.322 e. The van der Waals surface area contributed by atoms with E-state index in [1.165, 1.54) is 17.3 Å². The molecule has 0 saturated heterocycles. The molecule has 4 N–H and O–H groups in total. The van der Waals surface area contributed by atoms with E-state index in [2.05, 4.69) is 11.4 Å². The highest BCUT2D eigenvalue weighted by Crippen LogP contribution is 2.46. The largest absolute Gasteiger partial charge is 0.322 e. The van der Waals surface area contributed by atoms with Gasteiger partial charge in [0, 0.05) is 5.56 Å². The molecule has 0 bridgehead atoms. The van der Waals surface area contributed by atoms with E-state index in [4.69, 9.17) is 11.1 Å². The van der Waals surface area contributed by atoms with Crippen molar-refractivity contribution >= 4 is 23.1 Å². The summed E-state index contributed by atoms with van der Waals surface area (Å²) in [4.78, 5) is 8.91. The van der Waals surface area contributed by atoms with Crippen molar-refractivity contribution < 1.29 is 13.6 Å². The maximum atomic E-state index is 13.9. The number of hydrogen-bond donors (Lipinski definition) is 3. The summed E-state index contributed by atoms with van der Waals surface area (Å²) in [6, 6.07) is 11.0. The molecule has 0 heterocycles. The number of thioether (sulfide) groups is 1. The van der Waals surface area contributed by atoms with Crippen LogP contribution in [-0.2, 0) is 16.1 Å². The van der Waals surface area contributed by atoms with E-state index >= 15 is 0 Å². The lowest BCUT2D eigenvalue weighted by Crippen LogP contribution is -2.35. The van der Waals surface area contributed by atoms with Crippen molar-refractivity contribution in [1.29, 1.82) is 5.41 Å². The van der Waals surface area contributed by atoms with Crippen LogP contribution in [0.15, 0.2) is 42.5 Å². The Morgan fingerprint density at radius 2 is 2.00 bits per heavy atom. The first-order valence-corrected chi connectivity index (χ1v) is 9.35. The Morgan fingerprint density at radius 1 is 1.33 bits per heavy atom. The van der Waals surface area contributed by atoms with Crippen LogP contribution in [0, 0.1) is 17.0 Å². The number of fused-ring (bicyclic) bond motifs is 1. The minimum atomic E-state index is -0.573. The first-order valence-electron chi connectivity index (χ1n) is 8.54. The van der Waals surface area contributed by atoms with Crippen molar-refractivity contribution in [3.8, 4) is 0 Å². The molecule has 0 saturated carbocycles. The van der Waals surface area contributed by atoms with Gasteiger partial charge in [-0.25, -0.2) is 8.78 Å². The molecule has 27 heavy (non-hydrogen) atoms. The maximum Gasteiger partial charge on any atom is 0.136 e. The van der Waals surface area contributed by atoms with Gasteiger partial charge in [-0.2, -0.15) is 0 Å². The second kappa shape index (κ2) is 9.21. The van der Waals surface area contributed by atoms with Crippen LogP contribution in [0.25, 0.3) is 0 Å². The number of halogens is 2. The number of aryl methyl sites for hydroxylation is 1. The topological polar surface area (TPSA) is 79.0 Å². The summed E-state index contributed by atoms with van der Waals surface area (Å²) in [6.45, 7) is 1.63. The van der Waals surface area contributed by atoms with E-state index in [-0.39, 0.29) is 16.6 Å². The molecule has 2 aromatic carbocycles. The van der Waals surface area contributed by atoms with Gasteiger partial charge in [0.2, 0.25) is 0 Å². The average molecular weight is 391 g/mol. The van der Waals surface area contributed by atoms with Gasteiger partial charge in [0.15, 0.2) is 0 Å². The third-order valence-electron chi connectivity index (χ3n) is 4.27. The molecule has 0 amide bonds. The number of carbonyl (C=O) groups is 1. The van der Waals surface area contributed by atoms with Crippen LogP contribution < -0.4 is 11.1 Å². The van der Waals surface area contributed by atoms with Crippen LogP contribution in [-0.4, -0.2) is 24.4 Å². The molecule has 2 atom stereocenters. The fourth-order valence-corrected chi connectivity index (χ4v) is 4.13. The molecule has 0 fully saturated rings. The summed E-state index contributed by atoms with van der Waals surface area (Å²) in [5, 5.41) is 11.5. The van der Waals surface area contributed by atoms with Crippen molar-refractivity contribution in [3.05, 3.63) is 70.8 Å². The summed E-state index contributed by atoms with van der Waals surface area (Å²) in [5.41, 5.74) is 7.28. The molecule has 1 aliphatic carbocycles. The Morgan fingerprint density at radius 3 is 2.63 bits per heavy atom. The first-order chi connectivity index (χ1) is 12.8. The number of hydrogen-bond acceptors (Lipinski definition) is 5. The van der Waals surface area contributed by atoms with Crippen molar-refractivity contribution in [3.63, 3.8) is 0 Å². The molecule has 2 unspecified atom stereocenters. The lowest BCUT2D eigenvalue weighted by atomic mass is 10.1. The van der Waals surface area contributed by atoms with Gasteiger partial charge in [-0.3, -0.25) is 5.41 Å². The first kappa shape index (κ1) is 21.2. The van der Waals surface area contributed by atoms with Gasteiger partial charge in [0.25, 0.3) is 0 Å². The molecule has 0 aliphatic heterocycles. The van der Waals surface area contributed by atoms with Crippen LogP contribution in [0.4, 0.5) is 8.78 Å². The lowest BCUT2D eigenvalue weighted by Gasteiger charge is -2.29. The fourth-order valence-electron chi connectivity index (χ4n) is 2.90. The average Bonchev–Trinajstić information content (AvgIpc) is 3.03. The SMILES string of the molecule is CC(N)C=O.CNC1(SC(=N)c2cc(F)ccc2F)CCc2ccccc21. The number of benzene rings is 2. The molecule has 2 aromatic rings. The van der Waals surface area contributed by atoms with Gasteiger partial charge in [0.05, 0.1) is 16.0 Å². The van der Waals surface area contributed by atoms with Crippen molar-refractivity contribution in [1.82, 2.24) is 5.32 Å². The molecule has 0 radical (unpaired) electrons. The summed E-state index contributed by atoms with van der Waals surface area (Å²) in [5.74, 6) is -1.11. The van der Waals surface area contributed by atoms with E-state index in [1.54, 1.807) is 6.92 Å². The Labute approximate surface area is 162 Å². The van der Waals surface area contributed by atoms with Crippen molar-refractivity contribution in [2.75, 3.05) is 7.05 Å². The zero-order valence-corrected chi connectivity index (χ0v) is 16.1. The van der Waals surface area contributed by atoms with E-state index in [0.29, 0.717) is 6.29 Å². The molecule has 0 aromatic heterocycles. The molecule has 4 nitrogen and oxygen atoms in total. The second-order valence-corrected chi connectivity index (χ2v) is 7.59. The van der Waals surface area contributed by atoms with Crippen molar-refractivity contribution in [2.24, 2.45) is 5.73 Å². The monoisotopic (exact) mass is 391 g/mol. The third kappa shape index (κ3) is 5.00. The third-order valence-corrected chi connectivity index (χ3v) is 5.67. The van der Waals surface area contributed by atoms with Gasteiger partial charge < -0.3 is 15.8 Å². The molecular formula is C20H23F2N3OS. The van der Waals surface area contributed by atoms with Gasteiger partial charge in [-0.1, -0.05) is 36.0 Å². The van der Waals surface area contributed by atoms with Crippen LogP contribution in [0.1, 0.15) is 30.0 Å². The standard InChI is InChI=1S/C17H16F2N2S.C3H7NO/c1-21-17(9-8-11-4-2-3-5-14(11)17)22-16(20)13-10-12(18)6-7-15(13)19;1-3(4)2-5/h2-7,10,20-21H,8-9H2,1H3;2-3H,4H2,1H3. The van der Waals surface area contributed by atoms with Crippen LogP contribution >= 0.6 is 11.8 Å². The summed E-state index contributed by atoms with van der Waals surface area (Å²) >= 11 is 1.24. The number of nitrogens with one attached hydrogen (secondary N) is 2. The Hall–Kier alpha value is -2.09. The van der Waals surface area contributed by atoms with Gasteiger partial charge >= 0.3 is 0 Å². The van der Waals surface area contributed by atoms with Crippen LogP contribution in [0.2, 0.25) is 0 Å². The molecule has 144 valence electrons. The summed E-state index contributed by atoms with van der Waals surface area (Å²) in [6.07, 6.45) is 2.41. The second-order valence-electron chi connectivity index (χ2n) is 6.28. The lowest BCUT2D eigenvalue weighted by molar-refractivity contribution is -0.108. The molecule has 7 heteroatoms. The van der Waals surface area contributed by atoms with Gasteiger partial charge in [-0.15, -0.1) is 0 Å². The van der Waals surface area contributed by atoms with Gasteiger partial charge in [0.1, 0.15) is 17.9 Å². The number of rotatable bonds is 4. The summed E-state index contributed by atoms with van der Waals surface area (Å²) < 4.78 is 27.2. The molecule has 1 aliphatic rings. The fraction of sp³-hybridized carbons (Fsp3) is 0.300. The van der Waals surface area contributed by atoms with E-state index in [0.717, 1.165) is 36.6 Å². The summed E-state index contributed by atoms with van der Waals surface area (Å²) in [7, 11) is 1.84. The normalized spacial score (nSPS) is 18.9. The Balaban J connectivity index is 0.000000465. The zero-order valence-electron chi connectivity index (χ0n) is 15.3. The smallest absolute Gasteiger partial charge is 0.136 e. The van der Waals surface area contributed by atoms with Crippen LogP contribution in [0.5, 0.6) is 0 Å². The molecule has 3 rings (SSSR count). The van der Waals surface area contributed by atoms with E-state index < -0.39 is 16.5 Å². The highest BCUT2D eigenvalue weighted by atomic mass is 32.2.